The largest absolute Gasteiger partial charge is 0.493 e. The molecule has 96 valence electrons. The van der Waals surface area contributed by atoms with Gasteiger partial charge in [0.2, 0.25) is 0 Å². The molecule has 0 saturated heterocycles. The van der Waals surface area contributed by atoms with Crippen molar-refractivity contribution in [3.63, 3.8) is 0 Å². The summed E-state index contributed by atoms with van der Waals surface area (Å²) < 4.78 is 23.9. The van der Waals surface area contributed by atoms with Crippen LogP contribution in [-0.4, -0.2) is 12.1 Å². The molecule has 0 aliphatic heterocycles. The van der Waals surface area contributed by atoms with Gasteiger partial charge in [0.1, 0.15) is 0 Å². The summed E-state index contributed by atoms with van der Waals surface area (Å²) in [6.07, 6.45) is 1.27. The van der Waals surface area contributed by atoms with Crippen LogP contribution in [0, 0.1) is 17.1 Å². The molecule has 0 aliphatic carbocycles. The zero-order chi connectivity index (χ0) is 13.8. The molecule has 19 heavy (non-hydrogen) atoms. The van der Waals surface area contributed by atoms with Crippen LogP contribution in [0.4, 0.5) is 4.39 Å². The maximum absolute atomic E-state index is 13.6. The van der Waals surface area contributed by atoms with Crippen LogP contribution in [-0.2, 0) is 0 Å². The van der Waals surface area contributed by atoms with Crippen molar-refractivity contribution in [2.75, 3.05) is 7.11 Å². The Morgan fingerprint density at radius 2 is 2.11 bits per heavy atom. The van der Waals surface area contributed by atoms with E-state index in [4.69, 9.17) is 26.3 Å². The number of hydrogen-bond donors (Lipinski definition) is 0. The lowest BCUT2D eigenvalue weighted by atomic mass is 10.2. The van der Waals surface area contributed by atoms with E-state index in [9.17, 15) is 4.39 Å². The van der Waals surface area contributed by atoms with Gasteiger partial charge in [0, 0.05) is 12.3 Å². The minimum Gasteiger partial charge on any atom is -0.493 e. The fraction of sp³-hybridized carbons (Fsp3) is 0.0769. The van der Waals surface area contributed by atoms with Crippen LogP contribution in [0.2, 0.25) is 5.02 Å². The van der Waals surface area contributed by atoms with E-state index in [1.54, 1.807) is 0 Å². The van der Waals surface area contributed by atoms with Crippen LogP contribution in [0.15, 0.2) is 30.5 Å². The Kier molecular flexibility index (Phi) is 3.83. The fourth-order valence-electron chi connectivity index (χ4n) is 1.40. The molecule has 0 fully saturated rings. The van der Waals surface area contributed by atoms with Crippen molar-refractivity contribution in [2.45, 2.75) is 0 Å². The van der Waals surface area contributed by atoms with Gasteiger partial charge in [0.05, 0.1) is 23.8 Å². The van der Waals surface area contributed by atoms with E-state index in [1.807, 2.05) is 6.07 Å². The van der Waals surface area contributed by atoms with E-state index < -0.39 is 5.82 Å². The number of methoxy groups -OCH3 is 1. The SMILES string of the molecule is COc1cc(C#N)ccc1Oc1ncc(Cl)cc1F. The molecule has 0 aliphatic rings. The number of benzene rings is 1. The van der Waals surface area contributed by atoms with Gasteiger partial charge in [-0.2, -0.15) is 5.26 Å². The number of pyridine rings is 1. The second-order valence-corrected chi connectivity index (χ2v) is 3.96. The molecule has 1 aromatic carbocycles. The third-order valence-electron chi connectivity index (χ3n) is 2.27. The number of nitriles is 1. The number of rotatable bonds is 3. The van der Waals surface area contributed by atoms with Gasteiger partial charge in [-0.3, -0.25) is 0 Å². The normalized spacial score (nSPS) is 9.79. The third kappa shape index (κ3) is 2.92. The predicted octanol–water partition coefficient (Wildman–Crippen LogP) is 3.55. The summed E-state index contributed by atoms with van der Waals surface area (Å²) >= 11 is 5.60. The van der Waals surface area contributed by atoms with Gasteiger partial charge in [0.15, 0.2) is 17.3 Å². The number of aromatic nitrogens is 1. The zero-order valence-corrected chi connectivity index (χ0v) is 10.6. The van der Waals surface area contributed by atoms with Crippen molar-refractivity contribution >= 4 is 11.6 Å². The predicted molar refractivity (Wildman–Crippen MR) is 67.0 cm³/mol. The quantitative estimate of drug-likeness (QED) is 0.861. The second kappa shape index (κ2) is 5.55. The van der Waals surface area contributed by atoms with Gasteiger partial charge in [-0.15, -0.1) is 0 Å². The summed E-state index contributed by atoms with van der Waals surface area (Å²) in [7, 11) is 1.43. The van der Waals surface area contributed by atoms with Crippen molar-refractivity contribution < 1.29 is 13.9 Å². The molecule has 6 heteroatoms. The van der Waals surface area contributed by atoms with Crippen LogP contribution in [0.5, 0.6) is 17.4 Å². The van der Waals surface area contributed by atoms with Crippen molar-refractivity contribution in [1.82, 2.24) is 4.98 Å². The molecule has 0 spiro atoms. The molecule has 0 N–H and O–H groups in total. The highest BCUT2D eigenvalue weighted by atomic mass is 35.5. The lowest BCUT2D eigenvalue weighted by molar-refractivity contribution is 0.364. The minimum atomic E-state index is -0.682. The Morgan fingerprint density at radius 1 is 1.32 bits per heavy atom. The lowest BCUT2D eigenvalue weighted by Crippen LogP contribution is -1.95. The van der Waals surface area contributed by atoms with Crippen molar-refractivity contribution in [3.05, 3.63) is 46.9 Å². The second-order valence-electron chi connectivity index (χ2n) is 3.52. The number of hydrogen-bond acceptors (Lipinski definition) is 4. The van der Waals surface area contributed by atoms with E-state index in [2.05, 4.69) is 4.98 Å². The molecule has 2 aromatic rings. The molecule has 0 atom stereocenters. The molecule has 0 amide bonds. The number of ether oxygens (including phenoxy) is 2. The average molecular weight is 279 g/mol. The molecule has 0 bridgehead atoms. The molecule has 2 rings (SSSR count). The van der Waals surface area contributed by atoms with E-state index in [0.717, 1.165) is 6.07 Å². The molecule has 1 aromatic heterocycles. The first-order valence-electron chi connectivity index (χ1n) is 5.21. The maximum Gasteiger partial charge on any atom is 0.256 e. The third-order valence-corrected chi connectivity index (χ3v) is 2.48. The lowest BCUT2D eigenvalue weighted by Gasteiger charge is -2.10. The summed E-state index contributed by atoms with van der Waals surface area (Å²) in [5.74, 6) is -0.322. The molecular weight excluding hydrogens is 271 g/mol. The van der Waals surface area contributed by atoms with E-state index in [1.165, 1.54) is 31.5 Å². The monoisotopic (exact) mass is 278 g/mol. The first-order valence-corrected chi connectivity index (χ1v) is 5.59. The Bertz CT molecular complexity index is 656. The maximum atomic E-state index is 13.6. The molecular formula is C13H8ClFN2O2. The Morgan fingerprint density at radius 3 is 2.74 bits per heavy atom. The number of nitrogens with zero attached hydrogens (tertiary/aromatic N) is 2. The highest BCUT2D eigenvalue weighted by Crippen LogP contribution is 2.32. The summed E-state index contributed by atoms with van der Waals surface area (Å²) in [6.45, 7) is 0. The van der Waals surface area contributed by atoms with Gasteiger partial charge in [0.25, 0.3) is 5.88 Å². The Labute approximate surface area is 114 Å². The summed E-state index contributed by atoms with van der Waals surface area (Å²) in [6, 6.07) is 7.60. The topological polar surface area (TPSA) is 55.1 Å². The Balaban J connectivity index is 2.35. The standard InChI is InChI=1S/C13H8ClFN2O2/c1-18-12-4-8(6-16)2-3-11(12)19-13-10(15)5-9(14)7-17-13/h2-5,7H,1H3. The van der Waals surface area contributed by atoms with Gasteiger partial charge >= 0.3 is 0 Å². The van der Waals surface area contributed by atoms with Crippen molar-refractivity contribution in [1.29, 1.82) is 5.26 Å². The highest BCUT2D eigenvalue weighted by Gasteiger charge is 2.11. The van der Waals surface area contributed by atoms with Crippen molar-refractivity contribution in [3.8, 4) is 23.4 Å². The first-order chi connectivity index (χ1) is 9.13. The molecule has 0 unspecified atom stereocenters. The van der Waals surface area contributed by atoms with E-state index >= 15 is 0 Å². The summed E-state index contributed by atoms with van der Waals surface area (Å²) in [5.41, 5.74) is 0.411. The fourth-order valence-corrected chi connectivity index (χ4v) is 1.55. The van der Waals surface area contributed by atoms with Gasteiger partial charge < -0.3 is 9.47 Å². The molecule has 1 heterocycles. The summed E-state index contributed by atoms with van der Waals surface area (Å²) in [4.78, 5) is 3.74. The highest BCUT2D eigenvalue weighted by molar-refractivity contribution is 6.30. The molecule has 0 radical (unpaired) electrons. The van der Waals surface area contributed by atoms with Crippen LogP contribution in [0.25, 0.3) is 0 Å². The van der Waals surface area contributed by atoms with E-state index in [0.29, 0.717) is 11.3 Å². The van der Waals surface area contributed by atoms with Crippen molar-refractivity contribution in [2.24, 2.45) is 0 Å². The van der Waals surface area contributed by atoms with Gasteiger partial charge in [-0.1, -0.05) is 11.6 Å². The minimum absolute atomic E-state index is 0.177. The summed E-state index contributed by atoms with van der Waals surface area (Å²) in [5, 5.41) is 8.96. The molecule has 4 nitrogen and oxygen atoms in total. The molecule has 0 saturated carbocycles. The van der Waals surface area contributed by atoms with Gasteiger partial charge in [-0.25, -0.2) is 9.37 Å². The van der Waals surface area contributed by atoms with Crippen LogP contribution in [0.1, 0.15) is 5.56 Å². The smallest absolute Gasteiger partial charge is 0.256 e. The Hall–Kier alpha value is -2.32. The average Bonchev–Trinajstić information content (AvgIpc) is 2.42. The van der Waals surface area contributed by atoms with Crippen LogP contribution >= 0.6 is 11.6 Å². The van der Waals surface area contributed by atoms with Crippen LogP contribution in [0.3, 0.4) is 0 Å². The first kappa shape index (κ1) is 13.1. The van der Waals surface area contributed by atoms with Crippen LogP contribution < -0.4 is 9.47 Å². The van der Waals surface area contributed by atoms with Gasteiger partial charge in [-0.05, 0) is 18.2 Å². The van der Waals surface area contributed by atoms with E-state index in [-0.39, 0.29) is 16.7 Å². The zero-order valence-electron chi connectivity index (χ0n) is 9.85. The number of halogens is 2.